The van der Waals surface area contributed by atoms with Crippen LogP contribution in [-0.4, -0.2) is 29.0 Å². The van der Waals surface area contributed by atoms with Crippen molar-refractivity contribution in [2.24, 2.45) is 0 Å². The fourth-order valence-electron chi connectivity index (χ4n) is 2.87. The van der Waals surface area contributed by atoms with Crippen molar-refractivity contribution in [3.05, 3.63) is 59.0 Å². The number of piperidine rings is 1. The Morgan fingerprint density at radius 2 is 2.14 bits per heavy atom. The Morgan fingerprint density at radius 1 is 1.32 bits per heavy atom. The van der Waals surface area contributed by atoms with E-state index in [9.17, 15) is 4.39 Å². The third-order valence-electron chi connectivity index (χ3n) is 3.90. The zero-order chi connectivity index (χ0) is 15.4. The van der Waals surface area contributed by atoms with E-state index in [1.165, 1.54) is 17.8 Å². The molecule has 3 nitrogen and oxygen atoms in total. The number of hydrogen-bond acceptors (Lipinski definition) is 3. The zero-order valence-electron chi connectivity index (χ0n) is 12.3. The molecule has 0 bridgehead atoms. The normalized spacial score (nSPS) is 19.1. The highest BCUT2D eigenvalue weighted by atomic mass is 35.5. The molecule has 1 N–H and O–H groups in total. The van der Waals surface area contributed by atoms with Gasteiger partial charge in [0.25, 0.3) is 0 Å². The summed E-state index contributed by atoms with van der Waals surface area (Å²) in [6, 6.07) is 11.9. The molecule has 2 aromatic rings. The molecule has 2 heterocycles. The van der Waals surface area contributed by atoms with Crippen LogP contribution in [0.4, 0.5) is 10.2 Å². The molecule has 0 amide bonds. The molecule has 0 aliphatic carbocycles. The van der Waals surface area contributed by atoms with Gasteiger partial charge in [0.1, 0.15) is 0 Å². The molecular weight excluding hydrogens is 301 g/mol. The predicted octanol–water partition coefficient (Wildman–Crippen LogP) is 3.95. The summed E-state index contributed by atoms with van der Waals surface area (Å²) in [5.74, 6) is -0.108. The molecule has 3 rings (SSSR count). The van der Waals surface area contributed by atoms with Crippen molar-refractivity contribution in [2.45, 2.75) is 25.4 Å². The number of pyridine rings is 1. The van der Waals surface area contributed by atoms with Crippen LogP contribution in [0.1, 0.15) is 18.4 Å². The summed E-state index contributed by atoms with van der Waals surface area (Å²) >= 11 is 5.73. The quantitative estimate of drug-likeness (QED) is 0.925. The minimum atomic E-state index is -0.396. The maximum absolute atomic E-state index is 13.8. The number of halogens is 2. The molecule has 1 aliphatic heterocycles. The van der Waals surface area contributed by atoms with Crippen molar-refractivity contribution in [2.75, 3.05) is 18.4 Å². The van der Waals surface area contributed by atoms with Crippen LogP contribution < -0.4 is 5.32 Å². The van der Waals surface area contributed by atoms with Crippen molar-refractivity contribution < 1.29 is 4.39 Å². The standard InChI is InChI=1S/C17H19ClFN3/c18-14-9-16(19)17(20-10-14)21-15-7-4-8-22(12-15)11-13-5-2-1-3-6-13/h1-3,5-6,9-10,15H,4,7-8,11-12H2,(H,20,21). The van der Waals surface area contributed by atoms with Crippen LogP contribution in [0.3, 0.4) is 0 Å². The van der Waals surface area contributed by atoms with E-state index >= 15 is 0 Å². The lowest BCUT2D eigenvalue weighted by Crippen LogP contribution is -2.41. The fourth-order valence-corrected chi connectivity index (χ4v) is 3.02. The zero-order valence-corrected chi connectivity index (χ0v) is 13.1. The number of hydrogen-bond donors (Lipinski definition) is 1. The first-order chi connectivity index (χ1) is 10.7. The van der Waals surface area contributed by atoms with Crippen molar-refractivity contribution in [3.63, 3.8) is 0 Å². The van der Waals surface area contributed by atoms with Crippen molar-refractivity contribution in [3.8, 4) is 0 Å². The molecule has 1 fully saturated rings. The Labute approximate surface area is 135 Å². The monoisotopic (exact) mass is 319 g/mol. The van der Waals surface area contributed by atoms with E-state index in [4.69, 9.17) is 11.6 Å². The molecule has 1 saturated heterocycles. The minimum Gasteiger partial charge on any atom is -0.364 e. The summed E-state index contributed by atoms with van der Waals surface area (Å²) in [4.78, 5) is 6.44. The van der Waals surface area contributed by atoms with Gasteiger partial charge in [-0.1, -0.05) is 41.9 Å². The number of nitrogens with zero attached hydrogens (tertiary/aromatic N) is 2. The average Bonchev–Trinajstić information content (AvgIpc) is 2.52. The summed E-state index contributed by atoms with van der Waals surface area (Å²) < 4.78 is 13.8. The van der Waals surface area contributed by atoms with Crippen molar-refractivity contribution >= 4 is 17.4 Å². The van der Waals surface area contributed by atoms with Crippen LogP contribution >= 0.6 is 11.6 Å². The van der Waals surface area contributed by atoms with Gasteiger partial charge in [-0.05, 0) is 31.0 Å². The topological polar surface area (TPSA) is 28.2 Å². The Hall–Kier alpha value is -1.65. The van der Waals surface area contributed by atoms with Gasteiger partial charge >= 0.3 is 0 Å². The molecule has 1 aromatic carbocycles. The maximum Gasteiger partial charge on any atom is 0.166 e. The van der Waals surface area contributed by atoms with Gasteiger partial charge in [-0.25, -0.2) is 9.37 Å². The van der Waals surface area contributed by atoms with Crippen LogP contribution in [0.15, 0.2) is 42.6 Å². The smallest absolute Gasteiger partial charge is 0.166 e. The molecule has 1 atom stereocenters. The molecule has 5 heteroatoms. The number of rotatable bonds is 4. The Morgan fingerprint density at radius 3 is 2.91 bits per heavy atom. The van der Waals surface area contributed by atoms with Crippen LogP contribution in [0, 0.1) is 5.82 Å². The number of nitrogens with one attached hydrogen (secondary N) is 1. The van der Waals surface area contributed by atoms with E-state index in [0.717, 1.165) is 32.5 Å². The van der Waals surface area contributed by atoms with Gasteiger partial charge in [-0.3, -0.25) is 4.90 Å². The van der Waals surface area contributed by atoms with Gasteiger partial charge in [-0.2, -0.15) is 0 Å². The molecule has 1 aromatic heterocycles. The van der Waals surface area contributed by atoms with E-state index in [1.807, 2.05) is 6.07 Å². The van der Waals surface area contributed by atoms with E-state index < -0.39 is 5.82 Å². The lowest BCUT2D eigenvalue weighted by Gasteiger charge is -2.33. The van der Waals surface area contributed by atoms with E-state index in [2.05, 4.69) is 39.5 Å². The second-order valence-electron chi connectivity index (χ2n) is 5.69. The van der Waals surface area contributed by atoms with Crippen LogP contribution in [0.25, 0.3) is 0 Å². The van der Waals surface area contributed by atoms with E-state index in [0.29, 0.717) is 5.02 Å². The average molecular weight is 320 g/mol. The fraction of sp³-hybridized carbons (Fsp3) is 0.353. The summed E-state index contributed by atoms with van der Waals surface area (Å²) in [7, 11) is 0. The molecule has 0 spiro atoms. The highest BCUT2D eigenvalue weighted by molar-refractivity contribution is 6.30. The molecule has 0 saturated carbocycles. The highest BCUT2D eigenvalue weighted by Gasteiger charge is 2.21. The summed E-state index contributed by atoms with van der Waals surface area (Å²) in [5.41, 5.74) is 1.30. The SMILES string of the molecule is Fc1cc(Cl)cnc1NC1CCCN(Cc2ccccc2)C1. The van der Waals surface area contributed by atoms with Gasteiger partial charge in [-0.15, -0.1) is 0 Å². The minimum absolute atomic E-state index is 0.209. The molecular formula is C17H19ClFN3. The first-order valence-corrected chi connectivity index (χ1v) is 7.92. The number of aromatic nitrogens is 1. The van der Waals surface area contributed by atoms with Gasteiger partial charge in [0.15, 0.2) is 11.6 Å². The van der Waals surface area contributed by atoms with Crippen LogP contribution in [0.2, 0.25) is 5.02 Å². The molecule has 22 heavy (non-hydrogen) atoms. The number of likely N-dealkylation sites (tertiary alicyclic amines) is 1. The van der Waals surface area contributed by atoms with Gasteiger partial charge in [0.05, 0.1) is 5.02 Å². The number of benzene rings is 1. The molecule has 1 aliphatic rings. The lowest BCUT2D eigenvalue weighted by atomic mass is 10.0. The first kappa shape index (κ1) is 15.3. The second kappa shape index (κ2) is 7.07. The summed E-state index contributed by atoms with van der Waals surface area (Å²) in [5, 5.41) is 3.52. The largest absolute Gasteiger partial charge is 0.364 e. The Balaban J connectivity index is 1.61. The predicted molar refractivity (Wildman–Crippen MR) is 87.6 cm³/mol. The third kappa shape index (κ3) is 3.96. The Kier molecular flexibility index (Phi) is 4.90. The molecule has 116 valence electrons. The van der Waals surface area contributed by atoms with Crippen LogP contribution in [-0.2, 0) is 6.54 Å². The van der Waals surface area contributed by atoms with Crippen molar-refractivity contribution in [1.82, 2.24) is 9.88 Å². The lowest BCUT2D eigenvalue weighted by molar-refractivity contribution is 0.208. The van der Waals surface area contributed by atoms with E-state index in [1.54, 1.807) is 0 Å². The summed E-state index contributed by atoms with van der Waals surface area (Å²) in [6.07, 6.45) is 3.59. The van der Waals surface area contributed by atoms with Gasteiger partial charge in [0, 0.05) is 25.3 Å². The van der Waals surface area contributed by atoms with Crippen LogP contribution in [0.5, 0.6) is 0 Å². The first-order valence-electron chi connectivity index (χ1n) is 7.54. The summed E-state index contributed by atoms with van der Waals surface area (Å²) in [6.45, 7) is 2.89. The van der Waals surface area contributed by atoms with Gasteiger partial charge < -0.3 is 5.32 Å². The maximum atomic E-state index is 13.8. The number of anilines is 1. The molecule has 1 unspecified atom stereocenters. The second-order valence-corrected chi connectivity index (χ2v) is 6.12. The van der Waals surface area contributed by atoms with E-state index in [-0.39, 0.29) is 11.9 Å². The van der Waals surface area contributed by atoms with Crippen molar-refractivity contribution in [1.29, 1.82) is 0 Å². The van der Waals surface area contributed by atoms with Gasteiger partial charge in [0.2, 0.25) is 0 Å². The third-order valence-corrected chi connectivity index (χ3v) is 4.11. The Bertz CT molecular complexity index is 621. The highest BCUT2D eigenvalue weighted by Crippen LogP contribution is 2.20. The molecule has 0 radical (unpaired) electrons.